The van der Waals surface area contributed by atoms with Crippen molar-refractivity contribution in [1.29, 1.82) is 0 Å². The number of nitrogens with zero attached hydrogens (tertiary/aromatic N) is 2. The molecule has 1 aromatic heterocycles. The molecule has 1 heterocycles. The maximum atomic E-state index is 9.52. The molecule has 0 aliphatic heterocycles. The van der Waals surface area contributed by atoms with Crippen molar-refractivity contribution in [3.63, 3.8) is 0 Å². The smallest absolute Gasteiger partial charge is 0.142 e. The third kappa shape index (κ3) is 2.07. The maximum Gasteiger partial charge on any atom is 0.142 e. The topological polar surface area (TPSA) is 38.0 Å². The van der Waals surface area contributed by atoms with Gasteiger partial charge in [0.2, 0.25) is 0 Å². The summed E-state index contributed by atoms with van der Waals surface area (Å²) in [4.78, 5) is 3.99. The van der Waals surface area contributed by atoms with Crippen LogP contribution in [0.2, 0.25) is 0 Å². The Morgan fingerprint density at radius 1 is 1.20 bits per heavy atom. The van der Waals surface area contributed by atoms with E-state index in [0.717, 1.165) is 10.3 Å². The lowest BCUT2D eigenvalue weighted by Crippen LogP contribution is -1.94. The zero-order valence-corrected chi connectivity index (χ0v) is 8.46. The molecule has 0 atom stereocenters. The summed E-state index contributed by atoms with van der Waals surface area (Å²) in [6.07, 6.45) is 5.40. The van der Waals surface area contributed by atoms with Crippen molar-refractivity contribution in [3.05, 3.63) is 53.6 Å². The highest BCUT2D eigenvalue weighted by Gasteiger charge is 1.99. The van der Waals surface area contributed by atoms with Crippen LogP contribution in [0.1, 0.15) is 17.1 Å². The van der Waals surface area contributed by atoms with E-state index < -0.39 is 0 Å². The van der Waals surface area contributed by atoms with E-state index in [0.29, 0.717) is 11.5 Å². The van der Waals surface area contributed by atoms with Crippen LogP contribution in [0.5, 0.6) is 0 Å². The zero-order chi connectivity index (χ0) is 10.7. The van der Waals surface area contributed by atoms with E-state index in [1.807, 2.05) is 42.5 Å². The van der Waals surface area contributed by atoms with Crippen LogP contribution in [0, 0.1) is 6.92 Å². The second-order valence-corrected chi connectivity index (χ2v) is 3.29. The van der Waals surface area contributed by atoms with Crippen LogP contribution in [0.15, 0.2) is 36.5 Å². The summed E-state index contributed by atoms with van der Waals surface area (Å²) in [5.74, 6) is 0.586. The van der Waals surface area contributed by atoms with E-state index >= 15 is 0 Å². The van der Waals surface area contributed by atoms with Crippen molar-refractivity contribution in [3.8, 4) is 0 Å². The second-order valence-electron chi connectivity index (χ2n) is 3.29. The molecule has 0 fully saturated rings. The summed E-state index contributed by atoms with van der Waals surface area (Å²) in [5.41, 5.74) is 1.77. The van der Waals surface area contributed by atoms with Gasteiger partial charge in [0.1, 0.15) is 5.82 Å². The van der Waals surface area contributed by atoms with Crippen LogP contribution in [0.4, 0.5) is 0 Å². The molecule has 2 aromatic rings. The average molecular weight is 200 g/mol. The highest BCUT2D eigenvalue weighted by Crippen LogP contribution is 2.08. The zero-order valence-electron chi connectivity index (χ0n) is 8.46. The van der Waals surface area contributed by atoms with Gasteiger partial charge in [0.15, 0.2) is 0 Å². The van der Waals surface area contributed by atoms with Gasteiger partial charge in [-0.3, -0.25) is 0 Å². The van der Waals surface area contributed by atoms with Gasteiger partial charge in [0.05, 0.1) is 11.9 Å². The molecule has 0 bridgehead atoms. The Morgan fingerprint density at radius 3 is 2.53 bits per heavy atom. The van der Waals surface area contributed by atoms with E-state index in [2.05, 4.69) is 4.98 Å². The predicted octanol–water partition coefficient (Wildman–Crippen LogP) is 2.60. The van der Waals surface area contributed by atoms with Gasteiger partial charge in [0.25, 0.3) is 0 Å². The van der Waals surface area contributed by atoms with Crippen molar-refractivity contribution in [2.24, 2.45) is 0 Å². The van der Waals surface area contributed by atoms with Gasteiger partial charge in [-0.2, -0.15) is 4.73 Å². The third-order valence-electron chi connectivity index (χ3n) is 2.18. The van der Waals surface area contributed by atoms with Crippen molar-refractivity contribution >= 4 is 12.2 Å². The molecule has 0 aliphatic carbocycles. The lowest BCUT2D eigenvalue weighted by molar-refractivity contribution is 0.177. The first kappa shape index (κ1) is 9.52. The fourth-order valence-electron chi connectivity index (χ4n) is 1.32. The first-order chi connectivity index (χ1) is 7.27. The Bertz CT molecular complexity index is 472. The van der Waals surface area contributed by atoms with E-state index in [4.69, 9.17) is 0 Å². The standard InChI is InChI=1S/C12H12N2O/c1-10-13-9-12(14(10)15)8-7-11-5-3-2-4-6-11/h2-9,15H,1H3. The first-order valence-corrected chi connectivity index (χ1v) is 4.74. The van der Waals surface area contributed by atoms with Gasteiger partial charge in [-0.05, 0) is 18.6 Å². The minimum atomic E-state index is 0.586. The average Bonchev–Trinajstić information content (AvgIpc) is 2.59. The van der Waals surface area contributed by atoms with Crippen molar-refractivity contribution in [1.82, 2.24) is 9.71 Å². The molecule has 0 spiro atoms. The molecule has 0 radical (unpaired) electrons. The summed E-state index contributed by atoms with van der Waals surface area (Å²) < 4.78 is 1.07. The van der Waals surface area contributed by atoms with Crippen LogP contribution in [-0.4, -0.2) is 14.9 Å². The van der Waals surface area contributed by atoms with Crippen LogP contribution >= 0.6 is 0 Å². The van der Waals surface area contributed by atoms with Crippen LogP contribution in [0.3, 0.4) is 0 Å². The van der Waals surface area contributed by atoms with E-state index in [1.165, 1.54) is 0 Å². The molecule has 0 saturated carbocycles. The summed E-state index contributed by atoms with van der Waals surface area (Å²) in [6.45, 7) is 1.75. The predicted molar refractivity (Wildman–Crippen MR) is 59.5 cm³/mol. The molecule has 3 heteroatoms. The Balaban J connectivity index is 2.23. The van der Waals surface area contributed by atoms with Crippen molar-refractivity contribution in [2.45, 2.75) is 6.92 Å². The van der Waals surface area contributed by atoms with E-state index in [1.54, 1.807) is 13.1 Å². The van der Waals surface area contributed by atoms with Crippen molar-refractivity contribution < 1.29 is 5.21 Å². The molecule has 0 saturated heterocycles. The molecular formula is C12H12N2O. The quantitative estimate of drug-likeness (QED) is 0.757. The molecule has 0 amide bonds. The fraction of sp³-hybridized carbons (Fsp3) is 0.0833. The number of aromatic nitrogens is 2. The largest absolute Gasteiger partial charge is 0.427 e. The second kappa shape index (κ2) is 4.00. The number of benzene rings is 1. The Hall–Kier alpha value is -2.03. The highest BCUT2D eigenvalue weighted by molar-refractivity contribution is 5.67. The van der Waals surface area contributed by atoms with Gasteiger partial charge in [-0.1, -0.05) is 36.4 Å². The number of rotatable bonds is 2. The lowest BCUT2D eigenvalue weighted by Gasteiger charge is -1.96. The number of hydrogen-bond acceptors (Lipinski definition) is 2. The minimum Gasteiger partial charge on any atom is -0.427 e. The highest BCUT2D eigenvalue weighted by atomic mass is 16.5. The first-order valence-electron chi connectivity index (χ1n) is 4.74. The summed E-state index contributed by atoms with van der Waals surface area (Å²) in [6, 6.07) is 9.92. The molecule has 3 nitrogen and oxygen atoms in total. The minimum absolute atomic E-state index is 0.586. The summed E-state index contributed by atoms with van der Waals surface area (Å²) in [7, 11) is 0. The van der Waals surface area contributed by atoms with Gasteiger partial charge < -0.3 is 5.21 Å². The van der Waals surface area contributed by atoms with Gasteiger partial charge in [0, 0.05) is 0 Å². The molecule has 15 heavy (non-hydrogen) atoms. The number of hydrogen-bond donors (Lipinski definition) is 1. The Morgan fingerprint density at radius 2 is 1.93 bits per heavy atom. The molecule has 1 aromatic carbocycles. The monoisotopic (exact) mass is 200 g/mol. The van der Waals surface area contributed by atoms with E-state index in [-0.39, 0.29) is 0 Å². The fourth-order valence-corrected chi connectivity index (χ4v) is 1.32. The maximum absolute atomic E-state index is 9.52. The third-order valence-corrected chi connectivity index (χ3v) is 2.18. The van der Waals surface area contributed by atoms with Gasteiger partial charge >= 0.3 is 0 Å². The molecule has 76 valence electrons. The molecule has 1 N–H and O–H groups in total. The van der Waals surface area contributed by atoms with Crippen LogP contribution in [0.25, 0.3) is 12.2 Å². The van der Waals surface area contributed by atoms with Gasteiger partial charge in [-0.15, -0.1) is 0 Å². The van der Waals surface area contributed by atoms with Crippen LogP contribution < -0.4 is 0 Å². The summed E-state index contributed by atoms with van der Waals surface area (Å²) in [5, 5.41) is 9.52. The molecular weight excluding hydrogens is 188 g/mol. The number of imidazole rings is 1. The molecule has 0 aliphatic rings. The Labute approximate surface area is 88.3 Å². The van der Waals surface area contributed by atoms with E-state index in [9.17, 15) is 5.21 Å². The molecule has 2 rings (SSSR count). The van der Waals surface area contributed by atoms with Crippen molar-refractivity contribution in [2.75, 3.05) is 0 Å². The van der Waals surface area contributed by atoms with Gasteiger partial charge in [-0.25, -0.2) is 4.98 Å². The summed E-state index contributed by atoms with van der Waals surface area (Å²) >= 11 is 0. The lowest BCUT2D eigenvalue weighted by atomic mass is 10.2. The molecule has 0 unspecified atom stereocenters. The number of aryl methyl sites for hydroxylation is 1. The SMILES string of the molecule is Cc1ncc(C=Cc2ccccc2)n1O. The Kier molecular flexibility index (Phi) is 2.54. The van der Waals surface area contributed by atoms with Crippen LogP contribution in [-0.2, 0) is 0 Å². The normalized spacial score (nSPS) is 11.0.